The average molecular weight is 413 g/mol. The number of hydrogen-bond donors (Lipinski definition) is 1. The van der Waals surface area contributed by atoms with Crippen molar-refractivity contribution < 1.29 is 8.42 Å². The van der Waals surface area contributed by atoms with E-state index in [4.69, 9.17) is 0 Å². The number of aryl methyl sites for hydroxylation is 1. The zero-order valence-corrected chi connectivity index (χ0v) is 17.1. The van der Waals surface area contributed by atoms with Crippen LogP contribution >= 0.6 is 0 Å². The molecule has 1 aliphatic rings. The highest BCUT2D eigenvalue weighted by Gasteiger charge is 2.30. The van der Waals surface area contributed by atoms with Crippen molar-refractivity contribution in [3.63, 3.8) is 0 Å². The molecule has 0 saturated carbocycles. The third-order valence-corrected chi connectivity index (χ3v) is 7.44. The molecule has 1 aromatic heterocycles. The van der Waals surface area contributed by atoms with Crippen LogP contribution in [0.2, 0.25) is 0 Å². The van der Waals surface area contributed by atoms with Gasteiger partial charge in [0.15, 0.2) is 0 Å². The van der Waals surface area contributed by atoms with Gasteiger partial charge in [0.2, 0.25) is 10.0 Å². The molecule has 0 amide bonds. The lowest BCUT2D eigenvalue weighted by Gasteiger charge is -2.31. The summed E-state index contributed by atoms with van der Waals surface area (Å²) in [4.78, 5) is 12.7. The summed E-state index contributed by atoms with van der Waals surface area (Å²) in [5.41, 5.74) is 1.57. The molecule has 0 radical (unpaired) electrons. The number of piperidine rings is 1. The Hall–Kier alpha value is -2.71. The molecule has 4 rings (SSSR count). The summed E-state index contributed by atoms with van der Waals surface area (Å²) in [6.07, 6.45) is 2.11. The van der Waals surface area contributed by atoms with Crippen molar-refractivity contribution in [2.45, 2.75) is 31.1 Å². The molecule has 1 aliphatic heterocycles. The molecule has 0 atom stereocenters. The van der Waals surface area contributed by atoms with Crippen molar-refractivity contribution in [3.05, 3.63) is 76.5 Å². The maximum Gasteiger partial charge on any atom is 0.347 e. The monoisotopic (exact) mass is 412 g/mol. The van der Waals surface area contributed by atoms with Crippen LogP contribution in [-0.4, -0.2) is 40.6 Å². The van der Waals surface area contributed by atoms with Crippen LogP contribution in [0.1, 0.15) is 24.2 Å². The Morgan fingerprint density at radius 2 is 1.69 bits per heavy atom. The van der Waals surface area contributed by atoms with Gasteiger partial charge in [0.1, 0.15) is 5.82 Å². The Bertz CT molecular complexity index is 1140. The van der Waals surface area contributed by atoms with E-state index in [1.807, 2.05) is 37.3 Å². The van der Waals surface area contributed by atoms with Gasteiger partial charge in [-0.15, -0.1) is 0 Å². The van der Waals surface area contributed by atoms with Gasteiger partial charge >= 0.3 is 5.69 Å². The molecule has 0 bridgehead atoms. The number of sulfonamides is 1. The summed E-state index contributed by atoms with van der Waals surface area (Å²) < 4.78 is 28.8. The van der Waals surface area contributed by atoms with E-state index < -0.39 is 10.0 Å². The average Bonchev–Trinajstić information content (AvgIpc) is 3.09. The Morgan fingerprint density at radius 3 is 2.38 bits per heavy atom. The van der Waals surface area contributed by atoms with E-state index in [1.165, 1.54) is 0 Å². The molecular formula is C21H24N4O3S. The van der Waals surface area contributed by atoms with Gasteiger partial charge in [-0.05, 0) is 49.4 Å². The molecule has 0 aliphatic carbocycles. The molecule has 8 heteroatoms. The Balaban J connectivity index is 1.48. The summed E-state index contributed by atoms with van der Waals surface area (Å²) in [6.45, 7) is 2.91. The Labute approximate surface area is 170 Å². The van der Waals surface area contributed by atoms with E-state index in [-0.39, 0.29) is 11.6 Å². The fourth-order valence-corrected chi connectivity index (χ4v) is 5.37. The second kappa shape index (κ2) is 7.96. The first-order chi connectivity index (χ1) is 14.0. The summed E-state index contributed by atoms with van der Waals surface area (Å²) in [5.74, 6) is 0.962. The number of aromatic amines is 1. The highest BCUT2D eigenvalue weighted by atomic mass is 32.2. The molecule has 2 aromatic carbocycles. The number of para-hydroxylation sites is 1. The number of hydrogen-bond acceptors (Lipinski definition) is 4. The van der Waals surface area contributed by atoms with E-state index in [0.29, 0.717) is 30.2 Å². The smallest absolute Gasteiger partial charge is 0.247 e. The highest BCUT2D eigenvalue weighted by molar-refractivity contribution is 7.89. The standard InChI is InChI=1S/C21H24N4O3S/c1-16-7-5-6-10-19(16)25-20(22-23-21(25)26)15-17-11-13-24(14-12-17)29(27,28)18-8-3-2-4-9-18/h2-10,17H,11-15H2,1H3,(H,23,26). The normalized spacial score (nSPS) is 16.2. The lowest BCUT2D eigenvalue weighted by atomic mass is 9.94. The van der Waals surface area contributed by atoms with Gasteiger partial charge in [-0.2, -0.15) is 9.40 Å². The van der Waals surface area contributed by atoms with Crippen LogP contribution in [0.3, 0.4) is 0 Å². The molecular weight excluding hydrogens is 388 g/mol. The summed E-state index contributed by atoms with van der Waals surface area (Å²) in [7, 11) is -3.45. The summed E-state index contributed by atoms with van der Waals surface area (Å²) in [5, 5.41) is 6.79. The highest BCUT2D eigenvalue weighted by Crippen LogP contribution is 2.26. The SMILES string of the molecule is Cc1ccccc1-n1c(CC2CCN(S(=O)(=O)c3ccccc3)CC2)n[nH]c1=O. The first-order valence-corrected chi connectivity index (χ1v) is 11.2. The van der Waals surface area contributed by atoms with Crippen LogP contribution in [-0.2, 0) is 16.4 Å². The second-order valence-electron chi connectivity index (χ2n) is 7.43. The summed E-state index contributed by atoms with van der Waals surface area (Å²) in [6, 6.07) is 16.3. The quantitative estimate of drug-likeness (QED) is 0.697. The number of rotatable bonds is 5. The molecule has 29 heavy (non-hydrogen) atoms. The summed E-state index contributed by atoms with van der Waals surface area (Å²) >= 11 is 0. The number of aromatic nitrogens is 3. The van der Waals surface area contributed by atoms with Gasteiger partial charge in [0.05, 0.1) is 10.6 Å². The molecule has 0 unspecified atom stereocenters. The largest absolute Gasteiger partial charge is 0.347 e. The van der Waals surface area contributed by atoms with Crippen LogP contribution in [0.5, 0.6) is 0 Å². The number of H-pyrrole nitrogens is 1. The number of nitrogens with zero attached hydrogens (tertiary/aromatic N) is 3. The first kappa shape index (κ1) is 19.6. The minimum atomic E-state index is -3.45. The molecule has 3 aromatic rings. The second-order valence-corrected chi connectivity index (χ2v) is 9.37. The topological polar surface area (TPSA) is 88.1 Å². The van der Waals surface area contributed by atoms with Crippen LogP contribution < -0.4 is 5.69 Å². The van der Waals surface area contributed by atoms with Gasteiger partial charge in [-0.3, -0.25) is 0 Å². The fourth-order valence-electron chi connectivity index (χ4n) is 3.88. The Morgan fingerprint density at radius 1 is 1.03 bits per heavy atom. The number of benzene rings is 2. The predicted octanol–water partition coefficient (Wildman–Crippen LogP) is 2.51. The maximum absolute atomic E-state index is 12.8. The van der Waals surface area contributed by atoms with Gasteiger partial charge in [0.25, 0.3) is 0 Å². The zero-order chi connectivity index (χ0) is 20.4. The van der Waals surface area contributed by atoms with Gasteiger partial charge < -0.3 is 0 Å². The van der Waals surface area contributed by atoms with Gasteiger partial charge in [0, 0.05) is 19.5 Å². The van der Waals surface area contributed by atoms with E-state index >= 15 is 0 Å². The van der Waals surface area contributed by atoms with Crippen LogP contribution in [0, 0.1) is 12.8 Å². The van der Waals surface area contributed by atoms with E-state index in [0.717, 1.165) is 24.1 Å². The predicted molar refractivity (Wildman–Crippen MR) is 111 cm³/mol. The molecule has 7 nitrogen and oxygen atoms in total. The van der Waals surface area contributed by atoms with E-state index in [2.05, 4.69) is 10.2 Å². The van der Waals surface area contributed by atoms with Crippen LogP contribution in [0.4, 0.5) is 0 Å². The van der Waals surface area contributed by atoms with Gasteiger partial charge in [-0.25, -0.2) is 22.9 Å². The zero-order valence-electron chi connectivity index (χ0n) is 16.3. The molecule has 0 spiro atoms. The lowest BCUT2D eigenvalue weighted by molar-refractivity contribution is 0.269. The minimum absolute atomic E-state index is 0.251. The fraction of sp³-hybridized carbons (Fsp3) is 0.333. The molecule has 152 valence electrons. The minimum Gasteiger partial charge on any atom is -0.247 e. The van der Waals surface area contributed by atoms with E-state index in [9.17, 15) is 13.2 Å². The van der Waals surface area contributed by atoms with Crippen LogP contribution in [0.25, 0.3) is 5.69 Å². The van der Waals surface area contributed by atoms with Gasteiger partial charge in [-0.1, -0.05) is 36.4 Å². The Kier molecular flexibility index (Phi) is 5.38. The van der Waals surface area contributed by atoms with Crippen molar-refractivity contribution in [3.8, 4) is 5.69 Å². The van der Waals surface area contributed by atoms with E-state index in [1.54, 1.807) is 33.1 Å². The van der Waals surface area contributed by atoms with Crippen LogP contribution in [0.15, 0.2) is 64.3 Å². The third-order valence-electron chi connectivity index (χ3n) is 5.52. The number of nitrogens with one attached hydrogen (secondary N) is 1. The molecule has 1 fully saturated rings. The first-order valence-electron chi connectivity index (χ1n) is 9.74. The van der Waals surface area contributed by atoms with Crippen molar-refractivity contribution in [2.75, 3.05) is 13.1 Å². The van der Waals surface area contributed by atoms with Crippen molar-refractivity contribution in [1.29, 1.82) is 0 Å². The van der Waals surface area contributed by atoms with Crippen molar-refractivity contribution in [1.82, 2.24) is 19.1 Å². The molecule has 1 N–H and O–H groups in total. The van der Waals surface area contributed by atoms with Crippen molar-refractivity contribution >= 4 is 10.0 Å². The third kappa shape index (κ3) is 3.90. The molecule has 1 saturated heterocycles. The lowest BCUT2D eigenvalue weighted by Crippen LogP contribution is -2.39. The maximum atomic E-state index is 12.8. The molecule has 2 heterocycles. The van der Waals surface area contributed by atoms with Crippen molar-refractivity contribution in [2.24, 2.45) is 5.92 Å².